The number of nitrogens with zero attached hydrogens (tertiary/aromatic N) is 1. The van der Waals surface area contributed by atoms with Gasteiger partial charge in [-0.15, -0.1) is 0 Å². The first-order valence-corrected chi connectivity index (χ1v) is 8.96. The van der Waals surface area contributed by atoms with Gasteiger partial charge in [0.2, 0.25) is 0 Å². The van der Waals surface area contributed by atoms with E-state index in [1.807, 2.05) is 18.2 Å². The van der Waals surface area contributed by atoms with Crippen LogP contribution in [0.15, 0.2) is 42.7 Å². The molecule has 1 saturated carbocycles. The van der Waals surface area contributed by atoms with Crippen molar-refractivity contribution >= 4 is 32.2 Å². The number of pyridine rings is 1. The molecule has 0 amide bonds. The second-order valence-electron chi connectivity index (χ2n) is 5.66. The van der Waals surface area contributed by atoms with Gasteiger partial charge >= 0.3 is 0 Å². The molecule has 0 aliphatic heterocycles. The van der Waals surface area contributed by atoms with E-state index in [9.17, 15) is 0 Å². The summed E-state index contributed by atoms with van der Waals surface area (Å²) < 4.78 is 12.8. The van der Waals surface area contributed by atoms with Crippen LogP contribution in [0.1, 0.15) is 36.8 Å². The third-order valence-corrected chi connectivity index (χ3v) is 4.97. The highest BCUT2D eigenvalue weighted by atomic mass is 127. The molecule has 0 radical (unpaired) electrons. The summed E-state index contributed by atoms with van der Waals surface area (Å²) in [5, 5.41) is 0. The summed E-state index contributed by atoms with van der Waals surface area (Å²) in [7, 11) is 1.69. The molecule has 1 aromatic carbocycles. The van der Waals surface area contributed by atoms with Crippen LogP contribution in [0.5, 0.6) is 11.5 Å². The van der Waals surface area contributed by atoms with E-state index in [2.05, 4.69) is 45.8 Å². The second kappa shape index (κ2) is 7.81. The molecular formula is C19H20INO2. The maximum absolute atomic E-state index is 6.17. The Balaban J connectivity index is 1.86. The molecule has 0 unspecified atom stereocenters. The lowest BCUT2D eigenvalue weighted by molar-refractivity contribution is 0.201. The number of benzene rings is 1. The summed E-state index contributed by atoms with van der Waals surface area (Å²) in [6, 6.07) is 10.1. The summed E-state index contributed by atoms with van der Waals surface area (Å²) in [5.74, 6) is 1.64. The van der Waals surface area contributed by atoms with Crippen molar-refractivity contribution in [3.8, 4) is 11.5 Å². The normalized spacial score (nSPS) is 15.7. The van der Waals surface area contributed by atoms with E-state index in [1.165, 1.54) is 12.8 Å². The van der Waals surface area contributed by atoms with E-state index in [0.29, 0.717) is 6.10 Å². The van der Waals surface area contributed by atoms with Crippen molar-refractivity contribution in [1.82, 2.24) is 4.98 Å². The summed E-state index contributed by atoms with van der Waals surface area (Å²) in [6.07, 6.45) is 10.9. The topological polar surface area (TPSA) is 31.4 Å². The SMILES string of the molecule is COc1ccc(C(I)=Cc2ccncc2)cc1OC1CCCC1. The van der Waals surface area contributed by atoms with Crippen LogP contribution in [0.4, 0.5) is 0 Å². The van der Waals surface area contributed by atoms with Gasteiger partial charge in [0.25, 0.3) is 0 Å². The van der Waals surface area contributed by atoms with Gasteiger partial charge in [0, 0.05) is 16.0 Å². The highest BCUT2D eigenvalue weighted by Gasteiger charge is 2.18. The number of hydrogen-bond donors (Lipinski definition) is 0. The van der Waals surface area contributed by atoms with Gasteiger partial charge in [-0.3, -0.25) is 4.98 Å². The molecule has 1 aliphatic carbocycles. The van der Waals surface area contributed by atoms with Crippen LogP contribution in [0.3, 0.4) is 0 Å². The lowest BCUT2D eigenvalue weighted by atomic mass is 10.1. The standard InChI is InChI=1S/C19H20INO2/c1-22-18-7-6-15(13-19(18)23-16-4-2-3-5-16)17(20)12-14-8-10-21-11-9-14/h6-13,16H,2-5H2,1H3. The number of hydrogen-bond acceptors (Lipinski definition) is 3. The van der Waals surface area contributed by atoms with Crippen LogP contribution >= 0.6 is 22.6 Å². The van der Waals surface area contributed by atoms with Crippen molar-refractivity contribution in [3.63, 3.8) is 0 Å². The molecule has 0 spiro atoms. The molecule has 1 fully saturated rings. The van der Waals surface area contributed by atoms with E-state index < -0.39 is 0 Å². The first-order chi connectivity index (χ1) is 11.3. The molecular weight excluding hydrogens is 401 g/mol. The molecule has 1 aliphatic rings. The highest BCUT2D eigenvalue weighted by molar-refractivity contribution is 14.1. The highest BCUT2D eigenvalue weighted by Crippen LogP contribution is 2.36. The number of methoxy groups -OCH3 is 1. The smallest absolute Gasteiger partial charge is 0.162 e. The summed E-state index contributed by atoms with van der Waals surface area (Å²) in [4.78, 5) is 4.05. The van der Waals surface area contributed by atoms with Gasteiger partial charge in [0.15, 0.2) is 11.5 Å². The van der Waals surface area contributed by atoms with Crippen molar-refractivity contribution in [1.29, 1.82) is 0 Å². The molecule has 0 saturated heterocycles. The third kappa shape index (κ3) is 4.25. The quantitative estimate of drug-likeness (QED) is 0.611. The molecule has 4 heteroatoms. The van der Waals surface area contributed by atoms with E-state index in [4.69, 9.17) is 9.47 Å². The average Bonchev–Trinajstić information content (AvgIpc) is 3.09. The zero-order valence-electron chi connectivity index (χ0n) is 13.2. The van der Waals surface area contributed by atoms with Crippen molar-refractivity contribution in [2.24, 2.45) is 0 Å². The van der Waals surface area contributed by atoms with E-state index >= 15 is 0 Å². The van der Waals surface area contributed by atoms with Crippen LogP contribution in [0, 0.1) is 0 Å². The van der Waals surface area contributed by atoms with Crippen molar-refractivity contribution in [2.75, 3.05) is 7.11 Å². The fraction of sp³-hybridized carbons (Fsp3) is 0.316. The monoisotopic (exact) mass is 421 g/mol. The third-order valence-electron chi connectivity index (χ3n) is 4.03. The maximum atomic E-state index is 6.17. The maximum Gasteiger partial charge on any atom is 0.162 e. The van der Waals surface area contributed by atoms with Crippen LogP contribution in [-0.4, -0.2) is 18.2 Å². The van der Waals surface area contributed by atoms with E-state index in [0.717, 1.165) is 39.0 Å². The van der Waals surface area contributed by atoms with Crippen LogP contribution in [0.2, 0.25) is 0 Å². The Morgan fingerprint density at radius 3 is 2.57 bits per heavy atom. The predicted octanol–water partition coefficient (Wildman–Crippen LogP) is 5.34. The molecule has 0 N–H and O–H groups in total. The van der Waals surface area contributed by atoms with E-state index in [-0.39, 0.29) is 0 Å². The Kier molecular flexibility index (Phi) is 5.54. The van der Waals surface area contributed by atoms with Crippen molar-refractivity contribution in [2.45, 2.75) is 31.8 Å². The minimum Gasteiger partial charge on any atom is -0.493 e. The van der Waals surface area contributed by atoms with Gasteiger partial charge in [0.1, 0.15) is 0 Å². The van der Waals surface area contributed by atoms with Crippen molar-refractivity contribution < 1.29 is 9.47 Å². The van der Waals surface area contributed by atoms with Gasteiger partial charge in [-0.1, -0.05) is 0 Å². The molecule has 3 nitrogen and oxygen atoms in total. The molecule has 2 aromatic rings. The minimum absolute atomic E-state index is 0.320. The van der Waals surface area contributed by atoms with Gasteiger partial charge in [-0.05, 0) is 95.8 Å². The molecule has 0 atom stereocenters. The zero-order valence-corrected chi connectivity index (χ0v) is 15.3. The minimum atomic E-state index is 0.320. The summed E-state index contributed by atoms with van der Waals surface area (Å²) in [6.45, 7) is 0. The fourth-order valence-corrected chi connectivity index (χ4v) is 3.49. The summed E-state index contributed by atoms with van der Waals surface area (Å²) >= 11 is 2.36. The molecule has 0 bridgehead atoms. The Morgan fingerprint density at radius 2 is 1.87 bits per heavy atom. The van der Waals surface area contributed by atoms with E-state index in [1.54, 1.807) is 19.5 Å². The molecule has 23 heavy (non-hydrogen) atoms. The number of aromatic nitrogens is 1. The number of halogens is 1. The Hall–Kier alpha value is -1.56. The number of ether oxygens (including phenoxy) is 2. The van der Waals surface area contributed by atoms with Gasteiger partial charge in [-0.2, -0.15) is 0 Å². The molecule has 3 rings (SSSR count). The first-order valence-electron chi connectivity index (χ1n) is 7.88. The Labute approximate surface area is 150 Å². The lowest BCUT2D eigenvalue weighted by Crippen LogP contribution is -2.11. The van der Waals surface area contributed by atoms with Gasteiger partial charge < -0.3 is 9.47 Å². The Bertz CT molecular complexity index is 679. The van der Waals surface area contributed by atoms with Crippen LogP contribution < -0.4 is 9.47 Å². The lowest BCUT2D eigenvalue weighted by Gasteiger charge is -2.17. The number of rotatable bonds is 5. The zero-order chi connectivity index (χ0) is 16.1. The van der Waals surface area contributed by atoms with Gasteiger partial charge in [-0.25, -0.2) is 0 Å². The van der Waals surface area contributed by atoms with Crippen LogP contribution in [0.25, 0.3) is 9.66 Å². The van der Waals surface area contributed by atoms with Gasteiger partial charge in [0.05, 0.1) is 13.2 Å². The molecule has 120 valence electrons. The first kappa shape index (κ1) is 16.3. The Morgan fingerprint density at radius 1 is 1.13 bits per heavy atom. The van der Waals surface area contributed by atoms with Crippen molar-refractivity contribution in [3.05, 3.63) is 53.9 Å². The predicted molar refractivity (Wildman–Crippen MR) is 102 cm³/mol. The average molecular weight is 421 g/mol. The fourth-order valence-electron chi connectivity index (χ4n) is 2.79. The largest absolute Gasteiger partial charge is 0.493 e. The second-order valence-corrected chi connectivity index (χ2v) is 6.82. The van der Waals surface area contributed by atoms with Crippen LogP contribution in [-0.2, 0) is 0 Å². The molecule has 1 heterocycles. The molecule has 1 aromatic heterocycles. The summed E-state index contributed by atoms with van der Waals surface area (Å²) in [5.41, 5.74) is 2.27.